The Morgan fingerprint density at radius 1 is 1.20 bits per heavy atom. The number of aliphatic carboxylic acids is 1. The lowest BCUT2D eigenvalue weighted by molar-refractivity contribution is -0.142. The number of hydrogen-bond donors (Lipinski definition) is 3. The molecule has 0 bridgehead atoms. The van der Waals surface area contributed by atoms with Crippen LogP contribution in [0.15, 0.2) is 12.7 Å². The van der Waals surface area contributed by atoms with Crippen LogP contribution in [0.25, 0.3) is 0 Å². The largest absolute Gasteiger partial charge is 0.480 e. The maximum Gasteiger partial charge on any atom is 0.326 e. The summed E-state index contributed by atoms with van der Waals surface area (Å²) in [6.45, 7) is 8.70. The average molecular weight is 284 g/mol. The first-order valence-electron chi connectivity index (χ1n) is 6.69. The molecule has 0 aliphatic carbocycles. The van der Waals surface area contributed by atoms with Gasteiger partial charge >= 0.3 is 5.97 Å². The van der Waals surface area contributed by atoms with Crippen molar-refractivity contribution in [2.45, 2.75) is 52.1 Å². The van der Waals surface area contributed by atoms with Gasteiger partial charge < -0.3 is 15.7 Å². The summed E-state index contributed by atoms with van der Waals surface area (Å²) in [6, 6.07) is -1.68. The molecule has 0 aliphatic heterocycles. The normalized spacial score (nSPS) is 13.4. The Hall–Kier alpha value is -1.85. The molecule has 0 rings (SSSR count). The van der Waals surface area contributed by atoms with E-state index in [0.717, 1.165) is 0 Å². The van der Waals surface area contributed by atoms with Gasteiger partial charge in [-0.3, -0.25) is 9.59 Å². The van der Waals surface area contributed by atoms with Crippen molar-refractivity contribution in [2.24, 2.45) is 5.92 Å². The average Bonchev–Trinajstić information content (AvgIpc) is 2.31. The second-order valence-corrected chi connectivity index (χ2v) is 5.15. The molecule has 114 valence electrons. The Kier molecular flexibility index (Phi) is 8.27. The Morgan fingerprint density at radius 2 is 1.80 bits per heavy atom. The molecule has 3 N–H and O–H groups in total. The molecule has 0 radical (unpaired) electrons. The first kappa shape index (κ1) is 18.1. The van der Waals surface area contributed by atoms with Crippen LogP contribution in [0, 0.1) is 5.92 Å². The minimum absolute atomic E-state index is 0.203. The number of hydrogen-bond acceptors (Lipinski definition) is 3. The number of carboxylic acid groups (broad SMARTS) is 1. The van der Waals surface area contributed by atoms with Gasteiger partial charge in [-0.1, -0.05) is 19.9 Å². The third-order valence-electron chi connectivity index (χ3n) is 2.68. The number of carbonyl (C=O) groups excluding carboxylic acids is 2. The van der Waals surface area contributed by atoms with Crippen LogP contribution in [0.1, 0.15) is 40.0 Å². The topological polar surface area (TPSA) is 95.5 Å². The number of rotatable bonds is 9. The highest BCUT2D eigenvalue weighted by molar-refractivity contribution is 5.89. The molecule has 0 saturated carbocycles. The fourth-order valence-corrected chi connectivity index (χ4v) is 1.76. The van der Waals surface area contributed by atoms with Gasteiger partial charge in [-0.25, -0.2) is 4.79 Å². The number of nitrogens with one attached hydrogen (secondary N) is 2. The van der Waals surface area contributed by atoms with Crippen LogP contribution in [0.4, 0.5) is 0 Å². The molecule has 0 saturated heterocycles. The van der Waals surface area contributed by atoms with Gasteiger partial charge in [0, 0.05) is 6.92 Å². The molecule has 0 unspecified atom stereocenters. The number of carboxylic acids is 1. The molecule has 0 aromatic rings. The van der Waals surface area contributed by atoms with Crippen molar-refractivity contribution < 1.29 is 19.5 Å². The summed E-state index contributed by atoms with van der Waals surface area (Å²) in [5.41, 5.74) is 0. The standard InChI is InChI=1S/C14H24N2O4/c1-5-6-7-11(14(19)20)16-13(18)12(8-9(2)3)15-10(4)17/h5,9,11-12H,1,6-8H2,2-4H3,(H,15,17)(H,16,18)(H,19,20)/t11-,12-/m0/s1. The van der Waals surface area contributed by atoms with E-state index in [1.165, 1.54) is 6.92 Å². The maximum absolute atomic E-state index is 12.1. The Morgan fingerprint density at radius 3 is 2.20 bits per heavy atom. The highest BCUT2D eigenvalue weighted by Gasteiger charge is 2.25. The summed E-state index contributed by atoms with van der Waals surface area (Å²) in [6.07, 6.45) is 2.83. The molecule has 0 fully saturated rings. The van der Waals surface area contributed by atoms with Crippen LogP contribution in [0.2, 0.25) is 0 Å². The first-order chi connectivity index (χ1) is 9.27. The smallest absolute Gasteiger partial charge is 0.326 e. The van der Waals surface area contributed by atoms with Gasteiger partial charge in [0.2, 0.25) is 11.8 Å². The third-order valence-corrected chi connectivity index (χ3v) is 2.68. The van der Waals surface area contributed by atoms with E-state index in [9.17, 15) is 14.4 Å². The fraction of sp³-hybridized carbons (Fsp3) is 0.643. The summed E-state index contributed by atoms with van der Waals surface area (Å²) >= 11 is 0. The molecule has 0 aliphatic rings. The van der Waals surface area contributed by atoms with Crippen LogP contribution in [-0.4, -0.2) is 35.0 Å². The summed E-state index contributed by atoms with van der Waals surface area (Å²) in [5, 5.41) is 14.1. The summed E-state index contributed by atoms with van der Waals surface area (Å²) in [7, 11) is 0. The van der Waals surface area contributed by atoms with Gasteiger partial charge in [0.15, 0.2) is 0 Å². The molecule has 2 amide bonds. The molecule has 0 aromatic carbocycles. The Labute approximate surface area is 119 Å². The molecular weight excluding hydrogens is 260 g/mol. The molecule has 0 spiro atoms. The van der Waals surface area contributed by atoms with Crippen molar-refractivity contribution in [2.75, 3.05) is 0 Å². The van der Waals surface area contributed by atoms with Gasteiger partial charge in [-0.15, -0.1) is 6.58 Å². The summed E-state index contributed by atoms with van der Waals surface area (Å²) in [5.74, 6) is -1.67. The summed E-state index contributed by atoms with van der Waals surface area (Å²) in [4.78, 5) is 34.3. The zero-order chi connectivity index (χ0) is 15.7. The zero-order valence-corrected chi connectivity index (χ0v) is 12.3. The van der Waals surface area contributed by atoms with Crippen molar-refractivity contribution in [3.63, 3.8) is 0 Å². The lowest BCUT2D eigenvalue weighted by Crippen LogP contribution is -2.51. The fourth-order valence-electron chi connectivity index (χ4n) is 1.76. The molecule has 20 heavy (non-hydrogen) atoms. The van der Waals surface area contributed by atoms with E-state index in [-0.39, 0.29) is 18.2 Å². The van der Waals surface area contributed by atoms with Crippen molar-refractivity contribution in [3.05, 3.63) is 12.7 Å². The highest BCUT2D eigenvalue weighted by Crippen LogP contribution is 2.06. The molecule has 6 heteroatoms. The van der Waals surface area contributed by atoms with Gasteiger partial charge in [0.05, 0.1) is 0 Å². The second kappa shape index (κ2) is 9.12. The molecular formula is C14H24N2O4. The van der Waals surface area contributed by atoms with Crippen molar-refractivity contribution in [1.82, 2.24) is 10.6 Å². The van der Waals surface area contributed by atoms with Crippen molar-refractivity contribution in [3.8, 4) is 0 Å². The van der Waals surface area contributed by atoms with E-state index in [0.29, 0.717) is 12.8 Å². The molecule has 6 nitrogen and oxygen atoms in total. The van der Waals surface area contributed by atoms with Crippen LogP contribution >= 0.6 is 0 Å². The van der Waals surface area contributed by atoms with E-state index < -0.39 is 24.0 Å². The molecule has 0 heterocycles. The Bertz CT molecular complexity index is 366. The van der Waals surface area contributed by atoms with Gasteiger partial charge in [-0.2, -0.15) is 0 Å². The zero-order valence-electron chi connectivity index (χ0n) is 12.3. The van der Waals surface area contributed by atoms with Gasteiger partial charge in [-0.05, 0) is 25.2 Å². The minimum Gasteiger partial charge on any atom is -0.480 e. The Balaban J connectivity index is 4.72. The number of amides is 2. The highest BCUT2D eigenvalue weighted by atomic mass is 16.4. The van der Waals surface area contributed by atoms with Crippen LogP contribution in [-0.2, 0) is 14.4 Å². The van der Waals surface area contributed by atoms with Crippen molar-refractivity contribution in [1.29, 1.82) is 0 Å². The summed E-state index contributed by atoms with van der Waals surface area (Å²) < 4.78 is 0. The van der Waals surface area contributed by atoms with E-state index in [1.807, 2.05) is 13.8 Å². The van der Waals surface area contributed by atoms with Crippen LogP contribution in [0.3, 0.4) is 0 Å². The van der Waals surface area contributed by atoms with Crippen LogP contribution in [0.5, 0.6) is 0 Å². The monoisotopic (exact) mass is 284 g/mol. The van der Waals surface area contributed by atoms with Crippen molar-refractivity contribution >= 4 is 17.8 Å². The lowest BCUT2D eigenvalue weighted by atomic mass is 10.0. The first-order valence-corrected chi connectivity index (χ1v) is 6.69. The number of allylic oxidation sites excluding steroid dienone is 1. The molecule has 0 aromatic heterocycles. The van der Waals surface area contributed by atoms with E-state index in [1.54, 1.807) is 6.08 Å². The SMILES string of the molecule is C=CCC[C@H](NC(=O)[C@H](CC(C)C)NC(C)=O)C(=O)O. The van der Waals surface area contributed by atoms with E-state index >= 15 is 0 Å². The second-order valence-electron chi connectivity index (χ2n) is 5.15. The minimum atomic E-state index is -1.09. The number of carbonyl (C=O) groups is 3. The predicted molar refractivity (Wildman–Crippen MR) is 76.1 cm³/mol. The van der Waals surface area contributed by atoms with Crippen LogP contribution < -0.4 is 10.6 Å². The third kappa shape index (κ3) is 7.56. The van der Waals surface area contributed by atoms with Gasteiger partial charge in [0.1, 0.15) is 12.1 Å². The van der Waals surface area contributed by atoms with E-state index in [2.05, 4.69) is 17.2 Å². The van der Waals surface area contributed by atoms with Gasteiger partial charge in [0.25, 0.3) is 0 Å². The molecule has 2 atom stereocenters. The van der Waals surface area contributed by atoms with E-state index in [4.69, 9.17) is 5.11 Å². The lowest BCUT2D eigenvalue weighted by Gasteiger charge is -2.22. The quantitative estimate of drug-likeness (QED) is 0.552. The predicted octanol–water partition coefficient (Wildman–Crippen LogP) is 1.07. The maximum atomic E-state index is 12.1.